The third kappa shape index (κ3) is 4.63. The van der Waals surface area contributed by atoms with Crippen LogP contribution in [0.25, 0.3) is 0 Å². The molecule has 0 N–H and O–H groups in total. The molecule has 0 saturated heterocycles. The van der Waals surface area contributed by atoms with Gasteiger partial charge in [-0.15, -0.1) is 0 Å². The molecular weight excluding hydrogens is 264 g/mol. The van der Waals surface area contributed by atoms with E-state index < -0.39 is 0 Å². The lowest BCUT2D eigenvalue weighted by atomic mass is 10.2. The summed E-state index contributed by atoms with van der Waals surface area (Å²) >= 11 is 0. The van der Waals surface area contributed by atoms with Gasteiger partial charge in [0, 0.05) is 0 Å². The van der Waals surface area contributed by atoms with Gasteiger partial charge in [-0.3, -0.25) is 0 Å². The molecule has 0 fully saturated rings. The van der Waals surface area contributed by atoms with E-state index >= 15 is 0 Å². The van der Waals surface area contributed by atoms with Gasteiger partial charge in [0.2, 0.25) is 0 Å². The summed E-state index contributed by atoms with van der Waals surface area (Å²) < 4.78 is 10.8. The van der Waals surface area contributed by atoms with Gasteiger partial charge >= 0.3 is 5.97 Å². The first-order chi connectivity index (χ1) is 10.2. The topological polar surface area (TPSA) is 35.5 Å². The fourth-order valence-corrected chi connectivity index (χ4v) is 1.82. The molecule has 0 unspecified atom stereocenters. The maximum absolute atomic E-state index is 11.7. The highest BCUT2D eigenvalue weighted by Crippen LogP contribution is 2.15. The Hall–Kier alpha value is -2.29. The van der Waals surface area contributed by atoms with E-state index in [1.54, 1.807) is 24.3 Å². The van der Waals surface area contributed by atoms with Crippen molar-refractivity contribution in [1.29, 1.82) is 0 Å². The Kier molecular flexibility index (Phi) is 5.38. The van der Waals surface area contributed by atoms with Crippen LogP contribution in [0.1, 0.15) is 34.8 Å². The number of aryl methyl sites for hydroxylation is 1. The molecule has 0 aromatic heterocycles. The average molecular weight is 284 g/mol. The van der Waals surface area contributed by atoms with Crippen molar-refractivity contribution < 1.29 is 14.3 Å². The standard InChI is InChI=1S/C18H20O3/c1-3-12-20-18(19)16-8-10-17(11-9-16)21-13-15-6-4-14(2)5-7-15/h4-11H,3,12-13H2,1-2H3. The summed E-state index contributed by atoms with van der Waals surface area (Å²) in [5.74, 6) is 0.449. The van der Waals surface area contributed by atoms with Crippen molar-refractivity contribution in [3.8, 4) is 5.75 Å². The fourth-order valence-electron chi connectivity index (χ4n) is 1.82. The lowest BCUT2D eigenvalue weighted by Gasteiger charge is -2.08. The van der Waals surface area contributed by atoms with Gasteiger partial charge in [-0.25, -0.2) is 4.79 Å². The average Bonchev–Trinajstić information content (AvgIpc) is 2.52. The maximum Gasteiger partial charge on any atom is 0.338 e. The number of carbonyl (C=O) groups is 1. The molecule has 21 heavy (non-hydrogen) atoms. The SMILES string of the molecule is CCCOC(=O)c1ccc(OCc2ccc(C)cc2)cc1. The summed E-state index contributed by atoms with van der Waals surface area (Å²) in [7, 11) is 0. The molecule has 0 spiro atoms. The van der Waals surface area contributed by atoms with Gasteiger partial charge in [0.1, 0.15) is 12.4 Å². The van der Waals surface area contributed by atoms with Crippen molar-refractivity contribution in [2.45, 2.75) is 26.9 Å². The number of benzene rings is 2. The van der Waals surface area contributed by atoms with E-state index in [2.05, 4.69) is 19.1 Å². The molecule has 2 aromatic rings. The molecule has 2 rings (SSSR count). The lowest BCUT2D eigenvalue weighted by molar-refractivity contribution is 0.0505. The first-order valence-electron chi connectivity index (χ1n) is 7.14. The van der Waals surface area contributed by atoms with Crippen LogP contribution in [0.3, 0.4) is 0 Å². The molecule has 3 nitrogen and oxygen atoms in total. The van der Waals surface area contributed by atoms with E-state index in [-0.39, 0.29) is 5.97 Å². The van der Waals surface area contributed by atoms with Crippen LogP contribution in [0.5, 0.6) is 5.75 Å². The number of carbonyl (C=O) groups excluding carboxylic acids is 1. The highest BCUT2D eigenvalue weighted by atomic mass is 16.5. The normalized spacial score (nSPS) is 10.2. The zero-order valence-corrected chi connectivity index (χ0v) is 12.5. The summed E-state index contributed by atoms with van der Waals surface area (Å²) in [5.41, 5.74) is 2.90. The van der Waals surface area contributed by atoms with Crippen molar-refractivity contribution in [1.82, 2.24) is 0 Å². The minimum atomic E-state index is -0.290. The summed E-state index contributed by atoms with van der Waals surface area (Å²) in [6, 6.07) is 15.2. The Morgan fingerprint density at radius 2 is 1.67 bits per heavy atom. The maximum atomic E-state index is 11.7. The molecule has 0 radical (unpaired) electrons. The molecule has 0 aliphatic carbocycles. The van der Waals surface area contributed by atoms with Crippen molar-refractivity contribution in [2.24, 2.45) is 0 Å². The van der Waals surface area contributed by atoms with Gasteiger partial charge in [0.25, 0.3) is 0 Å². The Labute approximate surface area is 125 Å². The van der Waals surface area contributed by atoms with Gasteiger partial charge in [-0.05, 0) is 43.2 Å². The third-order valence-corrected chi connectivity index (χ3v) is 3.05. The molecule has 0 heterocycles. The van der Waals surface area contributed by atoms with Gasteiger partial charge in [-0.1, -0.05) is 36.8 Å². The van der Waals surface area contributed by atoms with Crippen LogP contribution >= 0.6 is 0 Å². The van der Waals surface area contributed by atoms with Gasteiger partial charge < -0.3 is 9.47 Å². The number of ether oxygens (including phenoxy) is 2. The number of esters is 1. The van der Waals surface area contributed by atoms with Crippen molar-refractivity contribution in [2.75, 3.05) is 6.61 Å². The Balaban J connectivity index is 1.90. The molecule has 0 amide bonds. The van der Waals surface area contributed by atoms with E-state index in [0.717, 1.165) is 17.7 Å². The first-order valence-corrected chi connectivity index (χ1v) is 7.14. The zero-order valence-electron chi connectivity index (χ0n) is 12.5. The molecule has 0 saturated carbocycles. The Bertz CT molecular complexity index is 570. The van der Waals surface area contributed by atoms with Crippen LogP contribution in [-0.2, 0) is 11.3 Å². The zero-order chi connectivity index (χ0) is 15.1. The monoisotopic (exact) mass is 284 g/mol. The summed E-state index contributed by atoms with van der Waals surface area (Å²) in [6.45, 7) is 4.99. The Morgan fingerprint density at radius 1 is 1.00 bits per heavy atom. The van der Waals surface area contributed by atoms with Gasteiger partial charge in [0.05, 0.1) is 12.2 Å². The minimum Gasteiger partial charge on any atom is -0.489 e. The van der Waals surface area contributed by atoms with Crippen molar-refractivity contribution in [3.05, 3.63) is 65.2 Å². The molecular formula is C18H20O3. The lowest BCUT2D eigenvalue weighted by Crippen LogP contribution is -2.05. The number of rotatable bonds is 6. The molecule has 0 bridgehead atoms. The van der Waals surface area contributed by atoms with Crippen LogP contribution in [-0.4, -0.2) is 12.6 Å². The number of hydrogen-bond acceptors (Lipinski definition) is 3. The second-order valence-electron chi connectivity index (χ2n) is 4.93. The quantitative estimate of drug-likeness (QED) is 0.748. The molecule has 110 valence electrons. The van der Waals surface area contributed by atoms with E-state index in [4.69, 9.17) is 9.47 Å². The molecule has 0 aliphatic heterocycles. The molecule has 0 aliphatic rings. The highest BCUT2D eigenvalue weighted by molar-refractivity contribution is 5.89. The minimum absolute atomic E-state index is 0.290. The van der Waals surface area contributed by atoms with Crippen LogP contribution in [0, 0.1) is 6.92 Å². The van der Waals surface area contributed by atoms with E-state index in [1.165, 1.54) is 5.56 Å². The van der Waals surface area contributed by atoms with Crippen LogP contribution in [0.2, 0.25) is 0 Å². The highest BCUT2D eigenvalue weighted by Gasteiger charge is 2.06. The van der Waals surface area contributed by atoms with Crippen molar-refractivity contribution >= 4 is 5.97 Å². The van der Waals surface area contributed by atoms with E-state index in [1.807, 2.05) is 19.1 Å². The van der Waals surface area contributed by atoms with Crippen LogP contribution in [0.15, 0.2) is 48.5 Å². The third-order valence-electron chi connectivity index (χ3n) is 3.05. The predicted octanol–water partition coefficient (Wildman–Crippen LogP) is 4.14. The smallest absolute Gasteiger partial charge is 0.338 e. The van der Waals surface area contributed by atoms with E-state index in [9.17, 15) is 4.79 Å². The second-order valence-corrected chi connectivity index (χ2v) is 4.93. The predicted molar refractivity (Wildman–Crippen MR) is 82.5 cm³/mol. The first kappa shape index (κ1) is 15.1. The molecule has 0 atom stereocenters. The largest absolute Gasteiger partial charge is 0.489 e. The van der Waals surface area contributed by atoms with E-state index in [0.29, 0.717) is 18.8 Å². The van der Waals surface area contributed by atoms with Crippen molar-refractivity contribution in [3.63, 3.8) is 0 Å². The molecule has 3 heteroatoms. The second kappa shape index (κ2) is 7.48. The summed E-state index contributed by atoms with van der Waals surface area (Å²) in [4.78, 5) is 11.7. The molecule has 2 aromatic carbocycles. The van der Waals surface area contributed by atoms with Gasteiger partial charge in [-0.2, -0.15) is 0 Å². The fraction of sp³-hybridized carbons (Fsp3) is 0.278. The van der Waals surface area contributed by atoms with Crippen LogP contribution in [0.4, 0.5) is 0 Å². The van der Waals surface area contributed by atoms with Gasteiger partial charge in [0.15, 0.2) is 0 Å². The van der Waals surface area contributed by atoms with Crippen LogP contribution < -0.4 is 4.74 Å². The summed E-state index contributed by atoms with van der Waals surface area (Å²) in [5, 5.41) is 0. The summed E-state index contributed by atoms with van der Waals surface area (Å²) in [6.07, 6.45) is 0.823. The number of hydrogen-bond donors (Lipinski definition) is 0. The Morgan fingerprint density at radius 3 is 2.29 bits per heavy atom.